The van der Waals surface area contributed by atoms with Gasteiger partial charge in [0.15, 0.2) is 0 Å². The van der Waals surface area contributed by atoms with E-state index in [9.17, 15) is 0 Å². The van der Waals surface area contributed by atoms with Crippen molar-refractivity contribution in [2.45, 2.75) is 13.8 Å². The largest absolute Gasteiger partial charge is 0.411 e. The first-order valence-corrected chi connectivity index (χ1v) is 4.17. The van der Waals surface area contributed by atoms with Crippen LogP contribution in [0.15, 0.2) is 34.6 Å². The van der Waals surface area contributed by atoms with Crippen molar-refractivity contribution in [1.82, 2.24) is 0 Å². The van der Waals surface area contributed by atoms with Crippen LogP contribution in [0.2, 0.25) is 0 Å². The molecule has 0 aliphatic heterocycles. The highest BCUT2D eigenvalue weighted by molar-refractivity contribution is 6.01. The molecule has 1 aromatic rings. The maximum absolute atomic E-state index is 8.54. The molecular formula is C10H12N2O2. The van der Waals surface area contributed by atoms with Crippen LogP contribution in [0.5, 0.6) is 0 Å². The van der Waals surface area contributed by atoms with Gasteiger partial charge in [0.25, 0.3) is 0 Å². The highest BCUT2D eigenvalue weighted by Crippen LogP contribution is 2.06. The van der Waals surface area contributed by atoms with Crippen LogP contribution in [0.25, 0.3) is 0 Å². The number of nitrogens with zero attached hydrogens (tertiary/aromatic N) is 2. The highest BCUT2D eigenvalue weighted by atomic mass is 16.4. The molecule has 1 aromatic carbocycles. The predicted molar refractivity (Wildman–Crippen MR) is 54.4 cm³/mol. The lowest BCUT2D eigenvalue weighted by Gasteiger charge is -2.01. The Morgan fingerprint density at radius 1 is 0.857 bits per heavy atom. The Balaban J connectivity index is 3.01. The summed E-state index contributed by atoms with van der Waals surface area (Å²) < 4.78 is 0. The van der Waals surface area contributed by atoms with E-state index in [-0.39, 0.29) is 0 Å². The monoisotopic (exact) mass is 192 g/mol. The first kappa shape index (κ1) is 10.2. The van der Waals surface area contributed by atoms with Crippen LogP contribution in [-0.2, 0) is 0 Å². The lowest BCUT2D eigenvalue weighted by atomic mass is 10.1. The Morgan fingerprint density at radius 2 is 1.14 bits per heavy atom. The van der Waals surface area contributed by atoms with Gasteiger partial charge in [0.1, 0.15) is 0 Å². The molecular weight excluding hydrogens is 180 g/mol. The number of rotatable bonds is 2. The lowest BCUT2D eigenvalue weighted by Crippen LogP contribution is -1.98. The fourth-order valence-electron chi connectivity index (χ4n) is 1.07. The second-order valence-corrected chi connectivity index (χ2v) is 2.95. The maximum Gasteiger partial charge on any atom is 0.0836 e. The fourth-order valence-corrected chi connectivity index (χ4v) is 1.07. The number of oxime groups is 2. The lowest BCUT2D eigenvalue weighted by molar-refractivity contribution is 0.318. The minimum absolute atomic E-state index is 0.551. The Bertz CT molecular complexity index is 329. The Hall–Kier alpha value is -1.84. The molecule has 14 heavy (non-hydrogen) atoms. The van der Waals surface area contributed by atoms with Crippen LogP contribution in [-0.4, -0.2) is 21.8 Å². The van der Waals surface area contributed by atoms with Crippen molar-refractivity contribution in [3.63, 3.8) is 0 Å². The molecule has 1 rings (SSSR count). The average Bonchev–Trinajstić information content (AvgIpc) is 2.27. The van der Waals surface area contributed by atoms with Crippen molar-refractivity contribution in [3.05, 3.63) is 35.4 Å². The zero-order valence-corrected chi connectivity index (χ0v) is 8.10. The maximum atomic E-state index is 8.54. The van der Waals surface area contributed by atoms with E-state index in [4.69, 9.17) is 10.4 Å². The van der Waals surface area contributed by atoms with Gasteiger partial charge in [0.2, 0.25) is 0 Å². The summed E-state index contributed by atoms with van der Waals surface area (Å²) in [4.78, 5) is 0. The first-order chi connectivity index (χ1) is 6.69. The Kier molecular flexibility index (Phi) is 3.23. The summed E-state index contributed by atoms with van der Waals surface area (Å²) in [6.45, 7) is 3.42. The van der Waals surface area contributed by atoms with Gasteiger partial charge in [-0.25, -0.2) is 0 Å². The third kappa shape index (κ3) is 2.10. The molecule has 0 saturated carbocycles. The molecule has 74 valence electrons. The van der Waals surface area contributed by atoms with Crippen molar-refractivity contribution < 1.29 is 10.4 Å². The van der Waals surface area contributed by atoms with E-state index in [1.807, 2.05) is 0 Å². The SMILES string of the molecule is C/C(=N\O)c1ccc(/C(C)=N/O)cc1. The third-order valence-electron chi connectivity index (χ3n) is 2.02. The van der Waals surface area contributed by atoms with Crippen LogP contribution in [0, 0.1) is 0 Å². The quantitative estimate of drug-likeness (QED) is 0.428. The summed E-state index contributed by atoms with van der Waals surface area (Å²) in [5, 5.41) is 23.3. The molecule has 4 heteroatoms. The standard InChI is InChI=1S/C10H12N2O2/c1-7(11-13)9-3-5-10(6-4-9)8(2)12-14/h3-6,13-14H,1-2H3/b11-7+,12-8+. The molecule has 0 bridgehead atoms. The number of hydrogen-bond acceptors (Lipinski definition) is 4. The van der Waals surface area contributed by atoms with Gasteiger partial charge in [-0.2, -0.15) is 0 Å². The van der Waals surface area contributed by atoms with Crippen molar-refractivity contribution >= 4 is 11.4 Å². The normalized spacial score (nSPS) is 13.0. The molecule has 0 spiro atoms. The molecule has 0 radical (unpaired) electrons. The second kappa shape index (κ2) is 4.41. The van der Waals surface area contributed by atoms with Gasteiger partial charge in [-0.15, -0.1) is 0 Å². The third-order valence-corrected chi connectivity index (χ3v) is 2.02. The van der Waals surface area contributed by atoms with Gasteiger partial charge in [-0.3, -0.25) is 0 Å². The van der Waals surface area contributed by atoms with Gasteiger partial charge >= 0.3 is 0 Å². The van der Waals surface area contributed by atoms with Crippen LogP contribution in [0.1, 0.15) is 25.0 Å². The van der Waals surface area contributed by atoms with E-state index in [1.54, 1.807) is 38.1 Å². The summed E-state index contributed by atoms with van der Waals surface area (Å²) in [5.74, 6) is 0. The minimum atomic E-state index is 0.551. The molecule has 0 amide bonds. The summed E-state index contributed by atoms with van der Waals surface area (Å²) in [6, 6.07) is 7.22. The zero-order chi connectivity index (χ0) is 10.6. The van der Waals surface area contributed by atoms with Gasteiger partial charge in [-0.1, -0.05) is 34.6 Å². The van der Waals surface area contributed by atoms with Crippen molar-refractivity contribution in [2.24, 2.45) is 10.3 Å². The van der Waals surface area contributed by atoms with Gasteiger partial charge in [-0.05, 0) is 25.0 Å². The molecule has 4 nitrogen and oxygen atoms in total. The number of hydrogen-bond donors (Lipinski definition) is 2. The van der Waals surface area contributed by atoms with E-state index >= 15 is 0 Å². The highest BCUT2D eigenvalue weighted by Gasteiger charge is 2.00. The smallest absolute Gasteiger partial charge is 0.0836 e. The van der Waals surface area contributed by atoms with Crippen LogP contribution in [0.3, 0.4) is 0 Å². The molecule has 0 unspecified atom stereocenters. The van der Waals surface area contributed by atoms with Crippen LogP contribution in [0.4, 0.5) is 0 Å². The van der Waals surface area contributed by atoms with E-state index in [0.29, 0.717) is 11.4 Å². The first-order valence-electron chi connectivity index (χ1n) is 4.17. The zero-order valence-electron chi connectivity index (χ0n) is 8.10. The predicted octanol–water partition coefficient (Wildman–Crippen LogP) is 2.08. The average molecular weight is 192 g/mol. The topological polar surface area (TPSA) is 65.2 Å². The van der Waals surface area contributed by atoms with Crippen molar-refractivity contribution in [3.8, 4) is 0 Å². The summed E-state index contributed by atoms with van der Waals surface area (Å²) in [7, 11) is 0. The van der Waals surface area contributed by atoms with E-state index in [1.165, 1.54) is 0 Å². The van der Waals surface area contributed by atoms with Gasteiger partial charge in [0.05, 0.1) is 11.4 Å². The van der Waals surface area contributed by atoms with Crippen LogP contribution >= 0.6 is 0 Å². The van der Waals surface area contributed by atoms with E-state index < -0.39 is 0 Å². The van der Waals surface area contributed by atoms with Crippen molar-refractivity contribution in [2.75, 3.05) is 0 Å². The molecule has 0 heterocycles. The number of benzene rings is 1. The van der Waals surface area contributed by atoms with Crippen molar-refractivity contribution in [1.29, 1.82) is 0 Å². The second-order valence-electron chi connectivity index (χ2n) is 2.95. The molecule has 0 aliphatic rings. The Morgan fingerprint density at radius 3 is 1.36 bits per heavy atom. The van der Waals surface area contributed by atoms with E-state index in [2.05, 4.69) is 10.3 Å². The molecule has 0 aromatic heterocycles. The Labute approximate surface area is 82.2 Å². The summed E-state index contributed by atoms with van der Waals surface area (Å²) in [6.07, 6.45) is 0. The molecule has 0 atom stereocenters. The molecule has 2 N–H and O–H groups in total. The minimum Gasteiger partial charge on any atom is -0.411 e. The van der Waals surface area contributed by atoms with Gasteiger partial charge in [0, 0.05) is 0 Å². The molecule has 0 fully saturated rings. The van der Waals surface area contributed by atoms with E-state index in [0.717, 1.165) is 11.1 Å². The summed E-state index contributed by atoms with van der Waals surface area (Å²) in [5.41, 5.74) is 2.77. The molecule has 0 aliphatic carbocycles. The summed E-state index contributed by atoms with van der Waals surface area (Å²) >= 11 is 0. The van der Waals surface area contributed by atoms with Crippen LogP contribution < -0.4 is 0 Å². The fraction of sp³-hybridized carbons (Fsp3) is 0.200. The van der Waals surface area contributed by atoms with Gasteiger partial charge < -0.3 is 10.4 Å². The molecule has 0 saturated heterocycles.